The van der Waals surface area contributed by atoms with Crippen LogP contribution in [0.5, 0.6) is 0 Å². The quantitative estimate of drug-likeness (QED) is 0.785. The topological polar surface area (TPSA) is 78.9 Å². The van der Waals surface area contributed by atoms with Crippen LogP contribution in [0.3, 0.4) is 0 Å². The van der Waals surface area contributed by atoms with Gasteiger partial charge in [0.1, 0.15) is 16.6 Å². The number of carbonyl (C=O) groups excluding carboxylic acids is 1. The fourth-order valence-corrected chi connectivity index (χ4v) is 4.02. The highest BCUT2D eigenvalue weighted by Gasteiger charge is 2.23. The van der Waals surface area contributed by atoms with Crippen molar-refractivity contribution < 1.29 is 9.21 Å². The van der Waals surface area contributed by atoms with E-state index in [0.29, 0.717) is 27.2 Å². The van der Waals surface area contributed by atoms with Crippen LogP contribution in [0.15, 0.2) is 29.0 Å². The minimum atomic E-state index is -0.235. The second kappa shape index (κ2) is 4.97. The van der Waals surface area contributed by atoms with E-state index in [2.05, 4.69) is 16.4 Å². The molecule has 2 aromatic heterocycles. The number of hydrogen-bond acceptors (Lipinski definition) is 5. The molecule has 0 saturated carbocycles. The number of aromatic nitrogens is 1. The maximum atomic E-state index is 12.4. The maximum Gasteiger partial charge on any atom is 0.256 e. The highest BCUT2D eigenvalue weighted by Crippen LogP contribution is 2.38. The molecule has 0 radical (unpaired) electrons. The summed E-state index contributed by atoms with van der Waals surface area (Å²) in [5.74, 6) is -0.235. The number of nitriles is 1. The van der Waals surface area contributed by atoms with E-state index < -0.39 is 0 Å². The van der Waals surface area contributed by atoms with Crippen molar-refractivity contribution in [3.63, 3.8) is 0 Å². The highest BCUT2D eigenvalue weighted by atomic mass is 32.1. The fourth-order valence-electron chi connectivity index (χ4n) is 2.78. The number of amides is 1. The number of fused-ring (bicyclic) bond motifs is 2. The molecule has 0 spiro atoms. The van der Waals surface area contributed by atoms with Gasteiger partial charge in [0.25, 0.3) is 5.91 Å². The molecule has 108 valence electrons. The summed E-state index contributed by atoms with van der Waals surface area (Å²) in [4.78, 5) is 17.7. The van der Waals surface area contributed by atoms with Gasteiger partial charge in [-0.05, 0) is 43.0 Å². The van der Waals surface area contributed by atoms with Crippen LogP contribution in [0.25, 0.3) is 11.1 Å². The minimum Gasteiger partial charge on any atom is -0.443 e. The highest BCUT2D eigenvalue weighted by molar-refractivity contribution is 7.16. The molecule has 1 N–H and O–H groups in total. The van der Waals surface area contributed by atoms with Gasteiger partial charge in [-0.3, -0.25) is 4.79 Å². The summed E-state index contributed by atoms with van der Waals surface area (Å²) in [6.07, 6.45) is 4.36. The summed E-state index contributed by atoms with van der Waals surface area (Å²) < 4.78 is 5.16. The van der Waals surface area contributed by atoms with E-state index in [4.69, 9.17) is 4.42 Å². The van der Waals surface area contributed by atoms with Gasteiger partial charge in [-0.2, -0.15) is 5.26 Å². The molecule has 2 heterocycles. The number of nitrogens with zero attached hydrogens (tertiary/aromatic N) is 2. The number of nitrogens with one attached hydrogen (secondary N) is 1. The van der Waals surface area contributed by atoms with Gasteiger partial charge in [0.15, 0.2) is 12.0 Å². The van der Waals surface area contributed by atoms with Crippen LogP contribution in [-0.2, 0) is 12.8 Å². The summed E-state index contributed by atoms with van der Waals surface area (Å²) in [7, 11) is 0. The molecule has 1 aliphatic rings. The Balaban J connectivity index is 1.66. The lowest BCUT2D eigenvalue weighted by molar-refractivity contribution is 0.102. The van der Waals surface area contributed by atoms with Gasteiger partial charge in [-0.15, -0.1) is 11.3 Å². The molecule has 6 heteroatoms. The molecule has 0 saturated heterocycles. The minimum absolute atomic E-state index is 0.235. The summed E-state index contributed by atoms with van der Waals surface area (Å²) in [5, 5.41) is 12.9. The van der Waals surface area contributed by atoms with Gasteiger partial charge in [-0.1, -0.05) is 0 Å². The van der Waals surface area contributed by atoms with E-state index in [1.807, 2.05) is 0 Å². The lowest BCUT2D eigenvalue weighted by Gasteiger charge is -2.04. The summed E-state index contributed by atoms with van der Waals surface area (Å²) >= 11 is 1.51. The Kier molecular flexibility index (Phi) is 2.94. The second-order valence-electron chi connectivity index (χ2n) is 5.16. The molecule has 0 fully saturated rings. The van der Waals surface area contributed by atoms with Crippen molar-refractivity contribution in [2.45, 2.75) is 19.3 Å². The maximum absolute atomic E-state index is 12.4. The fraction of sp³-hybridized carbons (Fsp3) is 0.188. The third kappa shape index (κ3) is 1.98. The molecular weight excluding hydrogens is 298 g/mol. The van der Waals surface area contributed by atoms with Crippen LogP contribution in [0.4, 0.5) is 5.00 Å². The van der Waals surface area contributed by atoms with Crippen molar-refractivity contribution in [3.05, 3.63) is 46.2 Å². The average Bonchev–Trinajstić information content (AvgIpc) is 3.21. The molecule has 4 rings (SSSR count). The molecular formula is C16H11N3O2S. The van der Waals surface area contributed by atoms with Crippen molar-refractivity contribution in [3.8, 4) is 6.07 Å². The van der Waals surface area contributed by atoms with Gasteiger partial charge < -0.3 is 9.73 Å². The van der Waals surface area contributed by atoms with Crippen LogP contribution in [0, 0.1) is 11.3 Å². The number of carbonyl (C=O) groups is 1. The van der Waals surface area contributed by atoms with Crippen molar-refractivity contribution in [1.82, 2.24) is 4.98 Å². The monoisotopic (exact) mass is 309 g/mol. The van der Waals surface area contributed by atoms with E-state index >= 15 is 0 Å². The second-order valence-corrected chi connectivity index (χ2v) is 6.27. The van der Waals surface area contributed by atoms with Crippen LogP contribution >= 0.6 is 11.3 Å². The van der Waals surface area contributed by atoms with Crippen LogP contribution < -0.4 is 5.32 Å². The first-order valence-corrected chi connectivity index (χ1v) is 7.77. The zero-order valence-electron chi connectivity index (χ0n) is 11.5. The van der Waals surface area contributed by atoms with E-state index in [9.17, 15) is 10.1 Å². The number of rotatable bonds is 2. The summed E-state index contributed by atoms with van der Waals surface area (Å²) in [5.41, 5.74) is 3.51. The van der Waals surface area contributed by atoms with Crippen LogP contribution in [0.2, 0.25) is 0 Å². The predicted octanol–water partition coefficient (Wildman–Crippen LogP) is 3.50. The van der Waals surface area contributed by atoms with Crippen molar-refractivity contribution in [1.29, 1.82) is 5.26 Å². The van der Waals surface area contributed by atoms with Gasteiger partial charge in [0.2, 0.25) is 0 Å². The number of benzene rings is 1. The van der Waals surface area contributed by atoms with Crippen molar-refractivity contribution >= 4 is 33.3 Å². The Morgan fingerprint density at radius 3 is 3.18 bits per heavy atom. The Hall–Kier alpha value is -2.65. The first kappa shape index (κ1) is 13.0. The Morgan fingerprint density at radius 2 is 2.32 bits per heavy atom. The molecule has 0 aliphatic heterocycles. The van der Waals surface area contributed by atoms with E-state index in [1.165, 1.54) is 22.6 Å². The SMILES string of the molecule is N#Cc1c(NC(=O)c2ccc3ocnc3c2)sc2c1CCC2. The van der Waals surface area contributed by atoms with Gasteiger partial charge >= 0.3 is 0 Å². The number of aryl methyl sites for hydroxylation is 1. The lowest BCUT2D eigenvalue weighted by Crippen LogP contribution is -2.11. The van der Waals surface area contributed by atoms with E-state index in [-0.39, 0.29) is 5.91 Å². The number of oxazole rings is 1. The largest absolute Gasteiger partial charge is 0.443 e. The number of anilines is 1. The first-order valence-electron chi connectivity index (χ1n) is 6.95. The molecule has 22 heavy (non-hydrogen) atoms. The number of hydrogen-bond donors (Lipinski definition) is 1. The molecule has 0 unspecified atom stereocenters. The molecule has 1 aromatic carbocycles. The van der Waals surface area contributed by atoms with Gasteiger partial charge in [0, 0.05) is 10.4 Å². The van der Waals surface area contributed by atoms with E-state index in [0.717, 1.165) is 24.8 Å². The van der Waals surface area contributed by atoms with Crippen LogP contribution in [0.1, 0.15) is 32.8 Å². The van der Waals surface area contributed by atoms with Gasteiger partial charge in [-0.25, -0.2) is 4.98 Å². The van der Waals surface area contributed by atoms with E-state index in [1.54, 1.807) is 18.2 Å². The number of thiophene rings is 1. The smallest absolute Gasteiger partial charge is 0.256 e. The zero-order chi connectivity index (χ0) is 15.1. The van der Waals surface area contributed by atoms with Crippen molar-refractivity contribution in [2.75, 3.05) is 5.32 Å². The predicted molar refractivity (Wildman–Crippen MR) is 83.0 cm³/mol. The first-order chi connectivity index (χ1) is 10.8. The Morgan fingerprint density at radius 1 is 1.41 bits per heavy atom. The molecule has 0 bridgehead atoms. The standard InChI is InChI=1S/C16H11N3O2S/c17-7-11-10-2-1-3-14(10)22-16(11)19-15(20)9-4-5-13-12(6-9)18-8-21-13/h4-6,8H,1-3H2,(H,19,20). The molecule has 1 amide bonds. The lowest BCUT2D eigenvalue weighted by atomic mass is 10.1. The summed E-state index contributed by atoms with van der Waals surface area (Å²) in [6, 6.07) is 7.32. The normalized spacial score (nSPS) is 13.0. The van der Waals surface area contributed by atoms with Crippen molar-refractivity contribution in [2.24, 2.45) is 0 Å². The Bertz CT molecular complexity index is 933. The third-order valence-electron chi connectivity index (χ3n) is 3.85. The average molecular weight is 309 g/mol. The molecule has 1 aliphatic carbocycles. The van der Waals surface area contributed by atoms with Crippen LogP contribution in [-0.4, -0.2) is 10.9 Å². The molecule has 0 atom stereocenters. The summed E-state index contributed by atoms with van der Waals surface area (Å²) in [6.45, 7) is 0. The third-order valence-corrected chi connectivity index (χ3v) is 5.06. The zero-order valence-corrected chi connectivity index (χ0v) is 12.4. The Labute approximate surface area is 130 Å². The molecule has 3 aromatic rings. The molecule has 5 nitrogen and oxygen atoms in total. The van der Waals surface area contributed by atoms with Gasteiger partial charge in [0.05, 0.1) is 5.56 Å².